The van der Waals surface area contributed by atoms with Crippen molar-refractivity contribution in [2.75, 3.05) is 25.1 Å². The summed E-state index contributed by atoms with van der Waals surface area (Å²) >= 11 is 0. The molecule has 0 aromatic heterocycles. The van der Waals surface area contributed by atoms with Crippen LogP contribution in [0.25, 0.3) is 0 Å². The van der Waals surface area contributed by atoms with E-state index in [1.807, 2.05) is 6.92 Å². The summed E-state index contributed by atoms with van der Waals surface area (Å²) in [5.74, 6) is -0.850. The van der Waals surface area contributed by atoms with Crippen LogP contribution < -0.4 is 10.6 Å². The molecule has 18 heavy (non-hydrogen) atoms. The van der Waals surface area contributed by atoms with Gasteiger partial charge in [0.1, 0.15) is 11.4 Å². The van der Waals surface area contributed by atoms with Crippen LogP contribution in [0, 0.1) is 5.82 Å². The van der Waals surface area contributed by atoms with E-state index in [-0.39, 0.29) is 12.4 Å². The molecule has 0 aliphatic carbocycles. The first-order valence-electron chi connectivity index (χ1n) is 5.79. The minimum absolute atomic E-state index is 0.192. The van der Waals surface area contributed by atoms with Crippen LogP contribution in [-0.4, -0.2) is 31.7 Å². The Kier molecular flexibility index (Phi) is 4.67. The molecule has 1 unspecified atom stereocenters. The van der Waals surface area contributed by atoms with Crippen LogP contribution in [0.15, 0.2) is 24.3 Å². The second-order valence-electron chi connectivity index (χ2n) is 4.37. The highest BCUT2D eigenvalue weighted by atomic mass is 19.1. The smallest absolute Gasteiger partial charge is 0.327 e. The van der Waals surface area contributed by atoms with Crippen LogP contribution in [0.4, 0.5) is 10.1 Å². The predicted octanol–water partition coefficient (Wildman–Crippen LogP) is 1.54. The van der Waals surface area contributed by atoms with Crippen molar-refractivity contribution >= 4 is 11.7 Å². The molecule has 4 nitrogen and oxygen atoms in total. The summed E-state index contributed by atoms with van der Waals surface area (Å²) < 4.78 is 18.3. The Morgan fingerprint density at radius 2 is 2.11 bits per heavy atom. The molecule has 0 saturated heterocycles. The molecule has 100 valence electrons. The summed E-state index contributed by atoms with van der Waals surface area (Å²) in [6, 6.07) is 6.40. The molecule has 0 aliphatic heterocycles. The number of anilines is 1. The molecule has 0 heterocycles. The number of hydrogen-bond donors (Lipinski definition) is 1. The van der Waals surface area contributed by atoms with E-state index >= 15 is 0 Å². The number of benzene rings is 1. The molecule has 0 bridgehead atoms. The van der Waals surface area contributed by atoms with Crippen LogP contribution in [0.3, 0.4) is 0 Å². The van der Waals surface area contributed by atoms with Crippen molar-refractivity contribution in [2.45, 2.75) is 19.4 Å². The number of halogens is 1. The van der Waals surface area contributed by atoms with Crippen LogP contribution in [0.5, 0.6) is 0 Å². The molecule has 1 rings (SSSR count). The van der Waals surface area contributed by atoms with Crippen molar-refractivity contribution < 1.29 is 13.9 Å². The summed E-state index contributed by atoms with van der Waals surface area (Å²) in [4.78, 5) is 13.2. The van der Waals surface area contributed by atoms with Gasteiger partial charge in [-0.3, -0.25) is 4.79 Å². The van der Waals surface area contributed by atoms with Gasteiger partial charge >= 0.3 is 5.97 Å². The third kappa shape index (κ3) is 3.20. The second kappa shape index (κ2) is 5.82. The van der Waals surface area contributed by atoms with Crippen molar-refractivity contribution in [3.05, 3.63) is 30.1 Å². The maximum absolute atomic E-state index is 13.7. The lowest BCUT2D eigenvalue weighted by molar-refractivity contribution is -0.146. The van der Waals surface area contributed by atoms with Gasteiger partial charge in [0.15, 0.2) is 0 Å². The van der Waals surface area contributed by atoms with Crippen molar-refractivity contribution in [2.24, 2.45) is 5.73 Å². The molecule has 0 aliphatic rings. The summed E-state index contributed by atoms with van der Waals surface area (Å²) in [6.07, 6.45) is 0. The normalized spacial score (nSPS) is 13.8. The van der Waals surface area contributed by atoms with Gasteiger partial charge in [-0.05, 0) is 26.0 Å². The van der Waals surface area contributed by atoms with Gasteiger partial charge in [-0.25, -0.2) is 4.39 Å². The summed E-state index contributed by atoms with van der Waals surface area (Å²) in [6.45, 7) is 4.18. The van der Waals surface area contributed by atoms with E-state index in [1.165, 1.54) is 13.2 Å². The van der Waals surface area contributed by atoms with E-state index in [0.29, 0.717) is 12.2 Å². The molecule has 5 heteroatoms. The van der Waals surface area contributed by atoms with Crippen LogP contribution >= 0.6 is 0 Å². The van der Waals surface area contributed by atoms with E-state index in [0.717, 1.165) is 0 Å². The largest absolute Gasteiger partial charge is 0.468 e. The minimum Gasteiger partial charge on any atom is -0.468 e. The van der Waals surface area contributed by atoms with Gasteiger partial charge in [-0.1, -0.05) is 12.1 Å². The van der Waals surface area contributed by atoms with Gasteiger partial charge in [0.05, 0.1) is 12.8 Å². The Bertz CT molecular complexity index is 421. The number of nitrogens with two attached hydrogens (primary N) is 1. The van der Waals surface area contributed by atoms with Gasteiger partial charge < -0.3 is 15.4 Å². The van der Waals surface area contributed by atoms with E-state index < -0.39 is 11.5 Å². The lowest BCUT2D eigenvalue weighted by Gasteiger charge is -2.31. The maximum Gasteiger partial charge on any atom is 0.327 e. The van der Waals surface area contributed by atoms with Crippen molar-refractivity contribution in [1.82, 2.24) is 0 Å². The molecule has 1 atom stereocenters. The molecule has 0 fully saturated rings. The molecule has 1 aromatic rings. The van der Waals surface area contributed by atoms with Gasteiger partial charge in [0.25, 0.3) is 0 Å². The van der Waals surface area contributed by atoms with Crippen molar-refractivity contribution in [1.29, 1.82) is 0 Å². The lowest BCUT2D eigenvalue weighted by atomic mass is 10.0. The van der Waals surface area contributed by atoms with E-state index in [2.05, 4.69) is 4.74 Å². The third-order valence-electron chi connectivity index (χ3n) is 2.75. The number of nitrogens with zero attached hydrogens (tertiary/aromatic N) is 1. The number of esters is 1. The monoisotopic (exact) mass is 254 g/mol. The summed E-state index contributed by atoms with van der Waals surface area (Å²) in [5.41, 5.74) is 5.15. The number of ether oxygens (including phenoxy) is 1. The Morgan fingerprint density at radius 3 is 2.61 bits per heavy atom. The lowest BCUT2D eigenvalue weighted by Crippen LogP contribution is -2.54. The Hall–Kier alpha value is -1.62. The van der Waals surface area contributed by atoms with Gasteiger partial charge in [0.2, 0.25) is 0 Å². The van der Waals surface area contributed by atoms with Crippen LogP contribution in [-0.2, 0) is 9.53 Å². The number of methoxy groups -OCH3 is 1. The number of hydrogen-bond acceptors (Lipinski definition) is 4. The predicted molar refractivity (Wildman–Crippen MR) is 68.9 cm³/mol. The Morgan fingerprint density at radius 1 is 1.50 bits per heavy atom. The molecule has 0 amide bonds. The highest BCUT2D eigenvalue weighted by Gasteiger charge is 2.32. The molecular formula is C13H19FN2O2. The zero-order valence-electron chi connectivity index (χ0n) is 10.9. The molecule has 0 radical (unpaired) electrons. The molecular weight excluding hydrogens is 235 g/mol. The summed E-state index contributed by atoms with van der Waals surface area (Å²) in [7, 11) is 1.28. The standard InChI is InChI=1S/C13H19FN2O2/c1-4-16(9-13(2,15)12(17)18-3)11-8-6-5-7-10(11)14/h5-8H,4,9,15H2,1-3H3. The Labute approximate surface area is 107 Å². The minimum atomic E-state index is -1.17. The number of rotatable bonds is 5. The zero-order chi connectivity index (χ0) is 13.8. The molecule has 2 N–H and O–H groups in total. The van der Waals surface area contributed by atoms with Gasteiger partial charge in [-0.15, -0.1) is 0 Å². The number of likely N-dealkylation sites (N-methyl/N-ethyl adjacent to an activating group) is 1. The second-order valence-corrected chi connectivity index (χ2v) is 4.37. The molecule has 0 saturated carbocycles. The first kappa shape index (κ1) is 14.4. The first-order valence-corrected chi connectivity index (χ1v) is 5.79. The van der Waals surface area contributed by atoms with E-state index in [1.54, 1.807) is 30.0 Å². The Balaban J connectivity index is 2.93. The fourth-order valence-electron chi connectivity index (χ4n) is 1.77. The zero-order valence-corrected chi connectivity index (χ0v) is 10.9. The van der Waals surface area contributed by atoms with Crippen molar-refractivity contribution in [3.8, 4) is 0 Å². The third-order valence-corrected chi connectivity index (χ3v) is 2.75. The fourth-order valence-corrected chi connectivity index (χ4v) is 1.77. The highest BCUT2D eigenvalue weighted by molar-refractivity contribution is 5.81. The fraction of sp³-hybridized carbons (Fsp3) is 0.462. The molecule has 0 spiro atoms. The van der Waals surface area contributed by atoms with Crippen molar-refractivity contribution in [3.63, 3.8) is 0 Å². The SMILES string of the molecule is CCN(CC(C)(N)C(=O)OC)c1ccccc1F. The quantitative estimate of drug-likeness (QED) is 0.810. The number of carbonyl (C=O) groups is 1. The van der Waals surface area contributed by atoms with Gasteiger partial charge in [0, 0.05) is 13.1 Å². The van der Waals surface area contributed by atoms with E-state index in [4.69, 9.17) is 5.73 Å². The number of para-hydroxylation sites is 1. The van der Waals surface area contributed by atoms with Crippen LogP contribution in [0.2, 0.25) is 0 Å². The average Bonchev–Trinajstić information content (AvgIpc) is 2.35. The highest BCUT2D eigenvalue weighted by Crippen LogP contribution is 2.20. The van der Waals surface area contributed by atoms with Gasteiger partial charge in [-0.2, -0.15) is 0 Å². The average molecular weight is 254 g/mol. The maximum atomic E-state index is 13.7. The molecule has 1 aromatic carbocycles. The topological polar surface area (TPSA) is 55.6 Å². The first-order chi connectivity index (χ1) is 8.42. The number of carbonyl (C=O) groups excluding carboxylic acids is 1. The van der Waals surface area contributed by atoms with E-state index in [9.17, 15) is 9.18 Å². The van der Waals surface area contributed by atoms with Crippen LogP contribution in [0.1, 0.15) is 13.8 Å². The summed E-state index contributed by atoms with van der Waals surface area (Å²) in [5, 5.41) is 0.